The van der Waals surface area contributed by atoms with E-state index in [1.807, 2.05) is 12.1 Å². The van der Waals surface area contributed by atoms with Crippen molar-refractivity contribution in [2.75, 3.05) is 47.9 Å². The highest BCUT2D eigenvalue weighted by Crippen LogP contribution is 2.54. The Morgan fingerprint density at radius 3 is 2.55 bits per heavy atom. The highest BCUT2D eigenvalue weighted by molar-refractivity contribution is 7.99. The van der Waals surface area contributed by atoms with E-state index >= 15 is 0 Å². The fraction of sp³-hybridized carbons (Fsp3) is 0.479. The summed E-state index contributed by atoms with van der Waals surface area (Å²) in [5.74, 6) is 2.39. The summed E-state index contributed by atoms with van der Waals surface area (Å²) >= 11 is 2.06. The summed E-state index contributed by atoms with van der Waals surface area (Å²) in [7, 11) is -4.63. The summed E-state index contributed by atoms with van der Waals surface area (Å²) in [6.07, 6.45) is 11.5. The Morgan fingerprint density at radius 2 is 1.80 bits per heavy atom. The lowest BCUT2D eigenvalue weighted by atomic mass is 9.59. The lowest BCUT2D eigenvalue weighted by Crippen LogP contribution is -2.57. The van der Waals surface area contributed by atoms with Crippen molar-refractivity contribution in [3.63, 3.8) is 0 Å². The van der Waals surface area contributed by atoms with Crippen molar-refractivity contribution in [1.82, 2.24) is 24.6 Å². The minimum absolute atomic E-state index is 0.0395. The van der Waals surface area contributed by atoms with Crippen LogP contribution in [-0.4, -0.2) is 93.5 Å². The maximum atomic E-state index is 14.0. The topological polar surface area (TPSA) is 196 Å². The number of ether oxygens (including phenoxy) is 1. The summed E-state index contributed by atoms with van der Waals surface area (Å²) in [6.45, 7) is 9.52. The van der Waals surface area contributed by atoms with Crippen molar-refractivity contribution in [2.45, 2.75) is 101 Å². The zero-order valence-corrected chi connectivity index (χ0v) is 38.8. The molecule has 2 aliphatic heterocycles. The number of amides is 1. The molecule has 2 saturated heterocycles. The predicted molar refractivity (Wildman–Crippen MR) is 253 cm³/mol. The molecule has 1 spiro atoms. The Kier molecular flexibility index (Phi) is 12.6. The number of nitrogens with zero attached hydrogens (tertiary/aromatic N) is 5. The van der Waals surface area contributed by atoms with E-state index in [0.29, 0.717) is 48.8 Å². The lowest BCUT2D eigenvalue weighted by Gasteiger charge is -2.57. The van der Waals surface area contributed by atoms with Gasteiger partial charge in [0.1, 0.15) is 22.0 Å². The summed E-state index contributed by atoms with van der Waals surface area (Å²) < 4.78 is 35.9. The van der Waals surface area contributed by atoms with Gasteiger partial charge in [-0.05, 0) is 111 Å². The summed E-state index contributed by atoms with van der Waals surface area (Å²) in [4.78, 5) is 41.6. The number of benzene rings is 2. The number of hydrogen-bond acceptors (Lipinski definition) is 13. The van der Waals surface area contributed by atoms with Gasteiger partial charge in [0.25, 0.3) is 15.9 Å². The number of aliphatic hydroxyl groups is 1. The zero-order valence-electron chi connectivity index (χ0n) is 37.2. The molecule has 1 amide bonds. The molecule has 4 aliphatic rings. The number of anilines is 2. The van der Waals surface area contributed by atoms with Crippen LogP contribution in [0.1, 0.15) is 106 Å². The number of piperidine rings is 1. The van der Waals surface area contributed by atoms with Crippen LogP contribution in [0.4, 0.5) is 17.2 Å². The van der Waals surface area contributed by atoms with Crippen LogP contribution in [0.15, 0.2) is 84.1 Å². The Morgan fingerprint density at radius 1 is 1.03 bits per heavy atom. The number of thioether (sulfide) groups is 1. The molecular weight excluding hydrogens is 865 g/mol. The number of fused-ring (bicyclic) bond motifs is 1. The molecule has 65 heavy (non-hydrogen) atoms. The Labute approximate surface area is 384 Å². The molecule has 344 valence electrons. The zero-order chi connectivity index (χ0) is 45.5. The van der Waals surface area contributed by atoms with E-state index in [0.717, 1.165) is 80.2 Å². The van der Waals surface area contributed by atoms with Crippen LogP contribution in [0.2, 0.25) is 0 Å². The molecule has 0 unspecified atom stereocenters. The van der Waals surface area contributed by atoms with Gasteiger partial charge in [-0.3, -0.25) is 19.8 Å². The van der Waals surface area contributed by atoms with Gasteiger partial charge >= 0.3 is 5.69 Å². The number of H-pyrrole nitrogens is 1. The molecule has 5 heterocycles. The second kappa shape index (κ2) is 18.2. The summed E-state index contributed by atoms with van der Waals surface area (Å²) in [5.41, 5.74) is 3.43. The molecule has 2 aliphatic carbocycles. The van der Waals surface area contributed by atoms with Gasteiger partial charge in [0.2, 0.25) is 5.82 Å². The molecule has 4 N–H and O–H groups in total. The largest absolute Gasteiger partial charge is 0.455 e. The quantitative estimate of drug-likeness (QED) is 0.0647. The number of carbonyl (C=O) groups is 1. The van der Waals surface area contributed by atoms with E-state index in [1.165, 1.54) is 30.2 Å². The fourth-order valence-corrected chi connectivity index (χ4v) is 12.4. The van der Waals surface area contributed by atoms with E-state index in [1.54, 1.807) is 31.3 Å². The molecule has 2 aromatic carbocycles. The van der Waals surface area contributed by atoms with Gasteiger partial charge in [0.05, 0.1) is 28.5 Å². The van der Waals surface area contributed by atoms with Crippen LogP contribution < -0.4 is 19.7 Å². The van der Waals surface area contributed by atoms with Crippen molar-refractivity contribution in [3.05, 3.63) is 106 Å². The Bertz CT molecular complexity index is 2660. The number of aromatic nitrogens is 3. The molecule has 9 rings (SSSR count). The Hall–Kier alpha value is -5.23. The van der Waals surface area contributed by atoms with Gasteiger partial charge in [-0.15, -0.1) is 0 Å². The third-order valence-electron chi connectivity index (χ3n) is 14.3. The van der Waals surface area contributed by atoms with E-state index in [2.05, 4.69) is 84.7 Å². The van der Waals surface area contributed by atoms with E-state index in [4.69, 9.17) is 4.74 Å². The molecule has 0 radical (unpaired) electrons. The van der Waals surface area contributed by atoms with Crippen LogP contribution in [0.3, 0.4) is 0 Å². The molecule has 17 heteroatoms. The van der Waals surface area contributed by atoms with Crippen molar-refractivity contribution in [1.29, 1.82) is 0 Å². The first-order chi connectivity index (χ1) is 31.2. The molecule has 1 atom stereocenters. The van der Waals surface area contributed by atoms with Gasteiger partial charge in [-0.25, -0.2) is 23.1 Å². The fourth-order valence-electron chi connectivity index (χ4n) is 10.4. The second-order valence-corrected chi connectivity index (χ2v) is 21.9. The van der Waals surface area contributed by atoms with E-state index in [-0.39, 0.29) is 28.5 Å². The van der Waals surface area contributed by atoms with Crippen molar-refractivity contribution >= 4 is 55.9 Å². The SMILES string of the molecule is CC(C)c1ccccc1[C@H]1CSCCN1C1CC2(CCN(c3ccc(C(=O)NS(=O)(=O)c4cnc(NCC5CCC(C)(O)CC5)c([N+](=O)[O-])c4)c(Oc4cnc5[nH]ccc5c4)c3)CC2)C1. The van der Waals surface area contributed by atoms with Crippen LogP contribution in [0.25, 0.3) is 11.0 Å². The van der Waals surface area contributed by atoms with E-state index < -0.39 is 37.0 Å². The van der Waals surface area contributed by atoms with Gasteiger partial charge in [0.15, 0.2) is 0 Å². The second-order valence-electron chi connectivity index (χ2n) is 19.1. The third kappa shape index (κ3) is 9.70. The summed E-state index contributed by atoms with van der Waals surface area (Å²) in [6, 6.07) is 19.7. The minimum atomic E-state index is -4.63. The van der Waals surface area contributed by atoms with Gasteiger partial charge < -0.3 is 25.0 Å². The van der Waals surface area contributed by atoms with Crippen LogP contribution in [0, 0.1) is 21.4 Å². The average Bonchev–Trinajstić information content (AvgIpc) is 3.76. The maximum absolute atomic E-state index is 14.0. The molecule has 3 aromatic heterocycles. The number of hydrogen-bond donors (Lipinski definition) is 4. The molecule has 0 bridgehead atoms. The smallest absolute Gasteiger partial charge is 0.312 e. The number of nitrogens with one attached hydrogen (secondary N) is 3. The van der Waals surface area contributed by atoms with Gasteiger partial charge in [-0.2, -0.15) is 11.8 Å². The highest BCUT2D eigenvalue weighted by Gasteiger charge is 2.49. The molecule has 2 saturated carbocycles. The molecular formula is C48H58N8O7S2. The van der Waals surface area contributed by atoms with Crippen molar-refractivity contribution in [3.8, 4) is 11.5 Å². The number of pyridine rings is 2. The van der Waals surface area contributed by atoms with Crippen molar-refractivity contribution in [2.24, 2.45) is 11.3 Å². The first-order valence-corrected chi connectivity index (χ1v) is 25.4. The van der Waals surface area contributed by atoms with Gasteiger partial charge in [-0.1, -0.05) is 38.1 Å². The number of rotatable bonds is 13. The highest BCUT2D eigenvalue weighted by atomic mass is 32.2. The Balaban J connectivity index is 0.898. The maximum Gasteiger partial charge on any atom is 0.312 e. The van der Waals surface area contributed by atoms with Crippen LogP contribution >= 0.6 is 11.8 Å². The lowest BCUT2D eigenvalue weighted by molar-refractivity contribution is -0.384. The first-order valence-electron chi connectivity index (χ1n) is 22.8. The average molecular weight is 923 g/mol. The number of carbonyl (C=O) groups excluding carboxylic acids is 1. The van der Waals surface area contributed by atoms with E-state index in [9.17, 15) is 28.4 Å². The van der Waals surface area contributed by atoms with Crippen LogP contribution in [-0.2, 0) is 10.0 Å². The minimum Gasteiger partial charge on any atom is -0.455 e. The molecule has 4 fully saturated rings. The third-order valence-corrected chi connectivity index (χ3v) is 16.6. The first kappa shape index (κ1) is 44.9. The number of nitro groups is 1. The molecule has 5 aromatic rings. The summed E-state index contributed by atoms with van der Waals surface area (Å²) in [5, 5.41) is 26.2. The number of aromatic amines is 1. The van der Waals surface area contributed by atoms with Crippen molar-refractivity contribution < 1.29 is 28.0 Å². The normalized spacial score (nSPS) is 22.8. The van der Waals surface area contributed by atoms with Crippen LogP contribution in [0.5, 0.6) is 11.5 Å². The number of sulfonamides is 1. The standard InChI is InChI=1S/C48H58N8O7S2/c1-31(2)38-6-4-5-7-39(38)42-30-64-21-20-55(42)35-25-48(26-35)15-18-54(19-16-48)34-8-9-40(43(23-34)63-36-22-33-12-17-49-44(33)51-28-36)46(57)53-65(61,62)37-24-41(56(59)60)45(52-29-37)50-27-32-10-13-47(3,58)14-11-32/h4-9,12,17,22-24,28-29,31-32,35,42,58H,10-11,13-16,18-21,25-27,30H2,1-3H3,(H,49,51)(H,50,52)(H,53,57)/t32?,42-,47?/m1/s1. The van der Waals surface area contributed by atoms with Gasteiger partial charge in [0, 0.05) is 79.2 Å². The predicted octanol–water partition coefficient (Wildman–Crippen LogP) is 8.79. The molecule has 15 nitrogen and oxygen atoms in total. The monoisotopic (exact) mass is 922 g/mol.